The number of hydrogen-bond acceptors (Lipinski definition) is 3. The number of nitrogens with one attached hydrogen (secondary N) is 1. The second-order valence-electron chi connectivity index (χ2n) is 5.60. The maximum absolute atomic E-state index is 12.7. The van der Waals surface area contributed by atoms with Crippen LogP contribution in [0.1, 0.15) is 37.6 Å². The molecule has 0 unspecified atom stereocenters. The van der Waals surface area contributed by atoms with E-state index in [-0.39, 0.29) is 11.8 Å². The topological polar surface area (TPSA) is 49.4 Å². The number of thioether (sulfide) groups is 1. The van der Waals surface area contributed by atoms with E-state index in [1.165, 1.54) is 0 Å². The lowest BCUT2D eigenvalue weighted by Crippen LogP contribution is -2.54. The Morgan fingerprint density at radius 1 is 1.24 bits per heavy atom. The fourth-order valence-electron chi connectivity index (χ4n) is 2.44. The van der Waals surface area contributed by atoms with Crippen molar-refractivity contribution in [2.24, 2.45) is 0 Å². The summed E-state index contributed by atoms with van der Waals surface area (Å²) in [6, 6.07) is 7.31. The first-order chi connectivity index (χ1) is 9.97. The highest BCUT2D eigenvalue weighted by Crippen LogP contribution is 2.27. The summed E-state index contributed by atoms with van der Waals surface area (Å²) in [5.74, 6) is 1.86. The summed E-state index contributed by atoms with van der Waals surface area (Å²) in [6.45, 7) is 6.28. The molecule has 0 spiro atoms. The Morgan fingerprint density at radius 2 is 1.95 bits per heavy atom. The van der Waals surface area contributed by atoms with Crippen molar-refractivity contribution in [1.29, 1.82) is 0 Å². The lowest BCUT2D eigenvalue weighted by molar-refractivity contribution is -0.123. The average Bonchev–Trinajstić information content (AvgIpc) is 2.52. The molecular weight excluding hydrogens is 284 g/mol. The van der Waals surface area contributed by atoms with Gasteiger partial charge in [-0.2, -0.15) is 11.8 Å². The predicted octanol–water partition coefficient (Wildman–Crippen LogP) is 2.68. The van der Waals surface area contributed by atoms with Crippen molar-refractivity contribution in [1.82, 2.24) is 5.32 Å². The fourth-order valence-corrected chi connectivity index (χ4v) is 3.07. The van der Waals surface area contributed by atoms with E-state index in [0.29, 0.717) is 17.8 Å². The van der Waals surface area contributed by atoms with Crippen molar-refractivity contribution in [3.8, 4) is 0 Å². The molecule has 2 amide bonds. The Kier molecular flexibility index (Phi) is 4.93. The van der Waals surface area contributed by atoms with Crippen LogP contribution in [-0.2, 0) is 4.79 Å². The van der Waals surface area contributed by atoms with E-state index >= 15 is 0 Å². The van der Waals surface area contributed by atoms with Gasteiger partial charge in [0, 0.05) is 6.54 Å². The van der Waals surface area contributed by atoms with Gasteiger partial charge in [-0.25, -0.2) is 0 Å². The molecule has 2 rings (SSSR count). The average molecular weight is 306 g/mol. The molecule has 0 aromatic heterocycles. The number of nitrogens with zero attached hydrogens (tertiary/aromatic N) is 1. The molecule has 0 radical (unpaired) electrons. The third-order valence-electron chi connectivity index (χ3n) is 3.52. The van der Waals surface area contributed by atoms with Gasteiger partial charge < -0.3 is 10.2 Å². The second kappa shape index (κ2) is 6.52. The molecule has 114 valence electrons. The first kappa shape index (κ1) is 15.9. The van der Waals surface area contributed by atoms with Crippen LogP contribution in [0, 0.1) is 0 Å². The van der Waals surface area contributed by atoms with Gasteiger partial charge in [-0.1, -0.05) is 19.1 Å². The molecule has 1 N–H and O–H groups in total. The minimum absolute atomic E-state index is 0.0534. The fraction of sp³-hybridized carbons (Fsp3) is 0.500. The molecule has 5 heteroatoms. The van der Waals surface area contributed by atoms with Crippen LogP contribution in [0.15, 0.2) is 24.3 Å². The molecular formula is C16H22N2O2S. The highest BCUT2D eigenvalue weighted by Gasteiger charge is 2.38. The number of para-hydroxylation sites is 1. The molecule has 1 aliphatic heterocycles. The molecule has 0 saturated carbocycles. The molecule has 1 aromatic rings. The quantitative estimate of drug-likeness (QED) is 0.851. The zero-order chi connectivity index (χ0) is 15.5. The molecule has 0 bridgehead atoms. The van der Waals surface area contributed by atoms with Crippen LogP contribution in [0.4, 0.5) is 5.69 Å². The van der Waals surface area contributed by atoms with Gasteiger partial charge in [-0.15, -0.1) is 0 Å². The van der Waals surface area contributed by atoms with Gasteiger partial charge in [0.05, 0.1) is 11.3 Å². The van der Waals surface area contributed by atoms with E-state index in [4.69, 9.17) is 0 Å². The Bertz CT molecular complexity index is 543. The van der Waals surface area contributed by atoms with Gasteiger partial charge in [0.2, 0.25) is 0 Å². The predicted molar refractivity (Wildman–Crippen MR) is 88.0 cm³/mol. The van der Waals surface area contributed by atoms with Gasteiger partial charge in [-0.05, 0) is 43.9 Å². The molecule has 0 atom stereocenters. The third kappa shape index (κ3) is 3.40. The summed E-state index contributed by atoms with van der Waals surface area (Å²) in [4.78, 5) is 26.8. The maximum atomic E-state index is 12.7. The molecule has 0 fully saturated rings. The summed E-state index contributed by atoms with van der Waals surface area (Å²) >= 11 is 1.86. The van der Waals surface area contributed by atoms with Crippen molar-refractivity contribution in [2.45, 2.75) is 32.7 Å². The summed E-state index contributed by atoms with van der Waals surface area (Å²) in [7, 11) is 0. The number of amides is 2. The zero-order valence-corrected chi connectivity index (χ0v) is 13.6. The number of anilines is 1. The molecule has 1 aromatic carbocycles. The van der Waals surface area contributed by atoms with Gasteiger partial charge in [-0.3, -0.25) is 9.59 Å². The number of rotatable bonds is 5. The van der Waals surface area contributed by atoms with Crippen LogP contribution >= 0.6 is 11.8 Å². The van der Waals surface area contributed by atoms with E-state index in [0.717, 1.165) is 17.9 Å². The molecule has 21 heavy (non-hydrogen) atoms. The van der Waals surface area contributed by atoms with Crippen molar-refractivity contribution in [3.05, 3.63) is 29.8 Å². The number of carbonyl (C=O) groups excluding carboxylic acids is 2. The molecule has 0 aliphatic carbocycles. The van der Waals surface area contributed by atoms with Crippen LogP contribution in [0.5, 0.6) is 0 Å². The van der Waals surface area contributed by atoms with Crippen LogP contribution in [0.2, 0.25) is 0 Å². The minimum atomic E-state index is -0.881. The van der Waals surface area contributed by atoms with Crippen LogP contribution in [0.25, 0.3) is 0 Å². The van der Waals surface area contributed by atoms with Crippen molar-refractivity contribution >= 4 is 29.3 Å². The number of hydrogen-bond donors (Lipinski definition) is 1. The van der Waals surface area contributed by atoms with Crippen LogP contribution in [-0.4, -0.2) is 35.4 Å². The van der Waals surface area contributed by atoms with Crippen molar-refractivity contribution in [2.75, 3.05) is 23.0 Å². The SMILES string of the molecule is CCSCCCN1C(=O)C(C)(C)NC(=O)c2ccccc21. The van der Waals surface area contributed by atoms with Gasteiger partial charge >= 0.3 is 0 Å². The van der Waals surface area contributed by atoms with E-state index in [1.807, 2.05) is 30.0 Å². The van der Waals surface area contributed by atoms with Gasteiger partial charge in [0.1, 0.15) is 5.54 Å². The minimum Gasteiger partial charge on any atom is -0.338 e. The highest BCUT2D eigenvalue weighted by atomic mass is 32.2. The number of fused-ring (bicyclic) bond motifs is 1. The first-order valence-electron chi connectivity index (χ1n) is 7.28. The van der Waals surface area contributed by atoms with E-state index < -0.39 is 5.54 Å². The maximum Gasteiger partial charge on any atom is 0.254 e. The second-order valence-corrected chi connectivity index (χ2v) is 7.00. The highest BCUT2D eigenvalue weighted by molar-refractivity contribution is 7.99. The Hall–Kier alpha value is -1.49. The number of benzene rings is 1. The van der Waals surface area contributed by atoms with Gasteiger partial charge in [0.25, 0.3) is 11.8 Å². The van der Waals surface area contributed by atoms with Crippen LogP contribution < -0.4 is 10.2 Å². The third-order valence-corrected chi connectivity index (χ3v) is 4.51. The lowest BCUT2D eigenvalue weighted by Gasteiger charge is -2.29. The van der Waals surface area contributed by atoms with Gasteiger partial charge in [0.15, 0.2) is 0 Å². The Balaban J connectivity index is 2.31. The van der Waals surface area contributed by atoms with Crippen LogP contribution in [0.3, 0.4) is 0 Å². The molecule has 1 heterocycles. The summed E-state index contributed by atoms with van der Waals surface area (Å²) < 4.78 is 0. The molecule has 4 nitrogen and oxygen atoms in total. The smallest absolute Gasteiger partial charge is 0.254 e. The summed E-state index contributed by atoms with van der Waals surface area (Å²) in [5.41, 5.74) is 0.403. The van der Waals surface area contributed by atoms with Crippen molar-refractivity contribution in [3.63, 3.8) is 0 Å². The zero-order valence-electron chi connectivity index (χ0n) is 12.8. The molecule has 1 aliphatic rings. The molecule has 0 saturated heterocycles. The summed E-state index contributed by atoms with van der Waals surface area (Å²) in [5, 5.41) is 2.82. The summed E-state index contributed by atoms with van der Waals surface area (Å²) in [6.07, 6.45) is 0.919. The first-order valence-corrected chi connectivity index (χ1v) is 8.44. The lowest BCUT2D eigenvalue weighted by atomic mass is 10.0. The largest absolute Gasteiger partial charge is 0.338 e. The van der Waals surface area contributed by atoms with E-state index in [9.17, 15) is 9.59 Å². The number of carbonyl (C=O) groups is 2. The van der Waals surface area contributed by atoms with Crippen molar-refractivity contribution < 1.29 is 9.59 Å². The standard InChI is InChI=1S/C16H22N2O2S/c1-4-21-11-7-10-18-13-9-6-5-8-12(13)14(19)17-16(2,3)15(18)20/h5-6,8-9H,4,7,10-11H2,1-3H3,(H,17,19). The monoisotopic (exact) mass is 306 g/mol. The Labute approximate surface area is 130 Å². The Morgan fingerprint density at radius 3 is 2.67 bits per heavy atom. The van der Waals surface area contributed by atoms with E-state index in [2.05, 4.69) is 12.2 Å². The van der Waals surface area contributed by atoms with E-state index in [1.54, 1.807) is 24.8 Å². The normalized spacial score (nSPS) is 17.2.